The van der Waals surface area contributed by atoms with Crippen molar-refractivity contribution in [1.82, 2.24) is 10.2 Å². The summed E-state index contributed by atoms with van der Waals surface area (Å²) in [7, 11) is 0. The van der Waals surface area contributed by atoms with Crippen LogP contribution in [0, 0.1) is 25.2 Å². The number of rotatable bonds is 2. The summed E-state index contributed by atoms with van der Waals surface area (Å²) < 4.78 is 5.62. The van der Waals surface area contributed by atoms with Crippen molar-refractivity contribution in [2.75, 3.05) is 0 Å². The third-order valence-corrected chi connectivity index (χ3v) is 2.57. The predicted molar refractivity (Wildman–Crippen MR) is 62.7 cm³/mol. The van der Waals surface area contributed by atoms with E-state index in [9.17, 15) is 0 Å². The van der Waals surface area contributed by atoms with Gasteiger partial charge >= 0.3 is 0 Å². The molecule has 0 saturated heterocycles. The Morgan fingerprint density at radius 2 is 2.06 bits per heavy atom. The normalized spacial score (nSPS) is 9.71. The number of aromatic nitrogens is 2. The molecule has 0 amide bonds. The molecule has 1 heterocycles. The van der Waals surface area contributed by atoms with Gasteiger partial charge in [0, 0.05) is 0 Å². The zero-order chi connectivity index (χ0) is 12.3. The number of benzene rings is 1. The quantitative estimate of drug-likeness (QED) is 0.788. The van der Waals surface area contributed by atoms with Crippen LogP contribution >= 0.6 is 0 Å². The van der Waals surface area contributed by atoms with Crippen molar-refractivity contribution in [3.05, 3.63) is 47.2 Å². The van der Waals surface area contributed by atoms with Gasteiger partial charge in [-0.25, -0.2) is 0 Å². The number of nitriles is 1. The lowest BCUT2D eigenvalue weighted by atomic mass is 10.1. The van der Waals surface area contributed by atoms with Crippen molar-refractivity contribution in [1.29, 1.82) is 5.26 Å². The van der Waals surface area contributed by atoms with Gasteiger partial charge in [0.2, 0.25) is 0 Å². The van der Waals surface area contributed by atoms with Crippen molar-refractivity contribution in [2.24, 2.45) is 0 Å². The van der Waals surface area contributed by atoms with Crippen LogP contribution in [0.25, 0.3) is 0 Å². The fourth-order valence-electron chi connectivity index (χ4n) is 1.42. The number of aryl methyl sites for hydroxylation is 1. The Bertz CT molecular complexity index is 587. The highest BCUT2D eigenvalue weighted by Gasteiger charge is 2.08. The van der Waals surface area contributed by atoms with Crippen LogP contribution in [0.4, 0.5) is 0 Å². The Kier molecular flexibility index (Phi) is 3.01. The minimum atomic E-state index is 0.240. The zero-order valence-electron chi connectivity index (χ0n) is 9.64. The molecule has 0 aliphatic carbocycles. The molecule has 0 fully saturated rings. The Hall–Kier alpha value is -2.41. The highest BCUT2D eigenvalue weighted by molar-refractivity contribution is 5.43. The molecule has 2 rings (SSSR count). The van der Waals surface area contributed by atoms with Crippen LogP contribution < -0.4 is 4.74 Å². The maximum Gasteiger partial charge on any atom is 0.256 e. The minimum Gasteiger partial charge on any atom is -0.436 e. The molecule has 0 unspecified atom stereocenters. The van der Waals surface area contributed by atoms with Crippen LogP contribution in [0.2, 0.25) is 0 Å². The summed E-state index contributed by atoms with van der Waals surface area (Å²) in [6.07, 6.45) is 1.47. The van der Waals surface area contributed by atoms with E-state index in [2.05, 4.69) is 10.2 Å². The summed E-state index contributed by atoms with van der Waals surface area (Å²) in [4.78, 5) is 0. The van der Waals surface area contributed by atoms with E-state index in [4.69, 9.17) is 10.00 Å². The van der Waals surface area contributed by atoms with E-state index in [1.165, 1.54) is 6.20 Å². The average molecular weight is 225 g/mol. The van der Waals surface area contributed by atoms with Gasteiger partial charge in [-0.15, -0.1) is 5.10 Å². The van der Waals surface area contributed by atoms with Crippen molar-refractivity contribution >= 4 is 0 Å². The molecule has 2 aromatic rings. The molecule has 0 spiro atoms. The predicted octanol–water partition coefficient (Wildman–Crippen LogP) is 2.76. The fourth-order valence-corrected chi connectivity index (χ4v) is 1.42. The van der Waals surface area contributed by atoms with Crippen LogP contribution in [-0.4, -0.2) is 10.2 Å². The van der Waals surface area contributed by atoms with E-state index in [1.807, 2.05) is 38.1 Å². The monoisotopic (exact) mass is 225 g/mol. The van der Waals surface area contributed by atoms with Crippen molar-refractivity contribution < 1.29 is 4.74 Å². The van der Waals surface area contributed by atoms with E-state index in [-0.39, 0.29) is 5.88 Å². The zero-order valence-corrected chi connectivity index (χ0v) is 9.64. The molecule has 0 aliphatic rings. The van der Waals surface area contributed by atoms with Crippen LogP contribution in [0.1, 0.15) is 16.7 Å². The van der Waals surface area contributed by atoms with Crippen LogP contribution in [0.3, 0.4) is 0 Å². The van der Waals surface area contributed by atoms with Gasteiger partial charge in [-0.1, -0.05) is 12.1 Å². The van der Waals surface area contributed by atoms with Gasteiger partial charge in [-0.05, 0) is 37.1 Å². The van der Waals surface area contributed by atoms with E-state index < -0.39 is 0 Å². The second-order valence-corrected chi connectivity index (χ2v) is 3.66. The molecule has 0 saturated carbocycles. The molecule has 84 valence electrons. The molecular weight excluding hydrogens is 214 g/mol. The van der Waals surface area contributed by atoms with Gasteiger partial charge in [0.15, 0.2) is 0 Å². The molecule has 0 aliphatic heterocycles. The van der Waals surface area contributed by atoms with Crippen molar-refractivity contribution in [3.8, 4) is 17.7 Å². The molecule has 17 heavy (non-hydrogen) atoms. The maximum atomic E-state index is 8.92. The van der Waals surface area contributed by atoms with Crippen LogP contribution in [0.5, 0.6) is 11.6 Å². The molecule has 0 radical (unpaired) electrons. The minimum absolute atomic E-state index is 0.240. The lowest BCUT2D eigenvalue weighted by Gasteiger charge is -2.09. The molecule has 4 heteroatoms. The molecule has 0 bridgehead atoms. The molecule has 0 atom stereocenters. The van der Waals surface area contributed by atoms with Crippen LogP contribution in [-0.2, 0) is 0 Å². The van der Waals surface area contributed by atoms with Gasteiger partial charge in [0.25, 0.3) is 5.88 Å². The Labute approximate surface area is 99.5 Å². The summed E-state index contributed by atoms with van der Waals surface area (Å²) in [5, 5.41) is 16.5. The number of hydrogen-bond donors (Lipinski definition) is 0. The second-order valence-electron chi connectivity index (χ2n) is 3.66. The second kappa shape index (κ2) is 4.62. The van der Waals surface area contributed by atoms with Gasteiger partial charge < -0.3 is 4.74 Å². The van der Waals surface area contributed by atoms with Gasteiger partial charge in [-0.2, -0.15) is 10.4 Å². The molecule has 1 aromatic heterocycles. The topological polar surface area (TPSA) is 58.8 Å². The first kappa shape index (κ1) is 11.1. The molecule has 0 N–H and O–H groups in total. The summed E-state index contributed by atoms with van der Waals surface area (Å²) in [5.74, 6) is 0.936. The summed E-state index contributed by atoms with van der Waals surface area (Å²) in [6.45, 7) is 3.97. The fraction of sp³-hybridized carbons (Fsp3) is 0.154. The smallest absolute Gasteiger partial charge is 0.256 e. The summed E-state index contributed by atoms with van der Waals surface area (Å²) >= 11 is 0. The Morgan fingerprint density at radius 1 is 1.24 bits per heavy atom. The molecular formula is C13H11N3O. The Balaban J connectivity index is 2.39. The third kappa shape index (κ3) is 2.23. The highest BCUT2D eigenvalue weighted by Crippen LogP contribution is 2.26. The van der Waals surface area contributed by atoms with Crippen molar-refractivity contribution in [2.45, 2.75) is 13.8 Å². The lowest BCUT2D eigenvalue weighted by Crippen LogP contribution is -1.95. The number of nitrogens with zero attached hydrogens (tertiary/aromatic N) is 3. The van der Waals surface area contributed by atoms with E-state index in [0.717, 1.165) is 11.1 Å². The highest BCUT2D eigenvalue weighted by atomic mass is 16.5. The first-order chi connectivity index (χ1) is 8.22. The molecule has 1 aromatic carbocycles. The standard InChI is InChI=1S/C13H11N3O/c1-9-4-3-5-12(10(9)2)17-13-11(8-14)6-7-15-16-13/h3-7H,1-2H3. The largest absolute Gasteiger partial charge is 0.436 e. The summed E-state index contributed by atoms with van der Waals surface area (Å²) in [6, 6.07) is 9.35. The number of hydrogen-bond acceptors (Lipinski definition) is 4. The third-order valence-electron chi connectivity index (χ3n) is 2.57. The number of ether oxygens (including phenoxy) is 1. The molecule has 4 nitrogen and oxygen atoms in total. The van der Waals surface area contributed by atoms with Gasteiger partial charge in [0.05, 0.1) is 6.20 Å². The first-order valence-electron chi connectivity index (χ1n) is 5.18. The average Bonchev–Trinajstić information content (AvgIpc) is 2.35. The maximum absolute atomic E-state index is 8.92. The van der Waals surface area contributed by atoms with Crippen LogP contribution in [0.15, 0.2) is 30.5 Å². The van der Waals surface area contributed by atoms with Gasteiger partial charge in [0.1, 0.15) is 17.4 Å². The van der Waals surface area contributed by atoms with E-state index in [1.54, 1.807) is 6.07 Å². The Morgan fingerprint density at radius 3 is 2.82 bits per heavy atom. The summed E-state index contributed by atoms with van der Waals surface area (Å²) in [5.41, 5.74) is 2.54. The SMILES string of the molecule is Cc1cccc(Oc2nnccc2C#N)c1C. The lowest BCUT2D eigenvalue weighted by molar-refractivity contribution is 0.450. The van der Waals surface area contributed by atoms with Gasteiger partial charge in [-0.3, -0.25) is 0 Å². The van der Waals surface area contributed by atoms with Crippen molar-refractivity contribution in [3.63, 3.8) is 0 Å². The van der Waals surface area contributed by atoms with E-state index >= 15 is 0 Å². The van der Waals surface area contributed by atoms with E-state index in [0.29, 0.717) is 11.3 Å². The first-order valence-corrected chi connectivity index (χ1v) is 5.18.